The Hall–Kier alpha value is -1.60. The van der Waals surface area contributed by atoms with Crippen LogP contribution in [-0.4, -0.2) is 4.98 Å². The Bertz CT molecular complexity index is 507. The number of nitrogens with two attached hydrogens (primary N) is 1. The van der Waals surface area contributed by atoms with Gasteiger partial charge in [-0.1, -0.05) is 0 Å². The van der Waals surface area contributed by atoms with Crippen LogP contribution in [0.5, 0.6) is 0 Å². The normalized spacial score (nSPS) is 10.2. The lowest BCUT2D eigenvalue weighted by Crippen LogP contribution is -1.91. The van der Waals surface area contributed by atoms with Crippen LogP contribution in [0.15, 0.2) is 11.6 Å². The van der Waals surface area contributed by atoms with Crippen molar-refractivity contribution in [2.24, 2.45) is 0 Å². The molecule has 3 nitrogen and oxygen atoms in total. The van der Waals surface area contributed by atoms with Gasteiger partial charge in [0.05, 0.1) is 21.3 Å². The molecule has 64 valence electrons. The zero-order valence-electron chi connectivity index (χ0n) is 7.03. The Kier molecular flexibility index (Phi) is 1.67. The summed E-state index contributed by atoms with van der Waals surface area (Å²) in [6.45, 7) is 1.92. The highest BCUT2D eigenvalue weighted by molar-refractivity contribution is 7.17. The zero-order valence-corrected chi connectivity index (χ0v) is 7.85. The van der Waals surface area contributed by atoms with Crippen molar-refractivity contribution in [2.75, 3.05) is 5.73 Å². The van der Waals surface area contributed by atoms with E-state index in [9.17, 15) is 0 Å². The molecule has 1 heterocycles. The van der Waals surface area contributed by atoms with Gasteiger partial charge in [-0.05, 0) is 18.6 Å². The monoisotopic (exact) mass is 189 g/mol. The molecule has 0 atom stereocenters. The summed E-state index contributed by atoms with van der Waals surface area (Å²) in [5, 5.41) is 8.84. The molecule has 4 heteroatoms. The fourth-order valence-corrected chi connectivity index (χ4v) is 2.07. The number of rotatable bonds is 0. The zero-order chi connectivity index (χ0) is 9.42. The van der Waals surface area contributed by atoms with Crippen LogP contribution in [0, 0.1) is 18.3 Å². The van der Waals surface area contributed by atoms with Gasteiger partial charge in [0.15, 0.2) is 0 Å². The van der Waals surface area contributed by atoms with Crippen LogP contribution in [0.4, 0.5) is 5.69 Å². The lowest BCUT2D eigenvalue weighted by Gasteiger charge is -2.01. The molecule has 0 saturated heterocycles. The van der Waals surface area contributed by atoms with Gasteiger partial charge in [-0.2, -0.15) is 5.26 Å². The van der Waals surface area contributed by atoms with Gasteiger partial charge in [0.1, 0.15) is 6.07 Å². The summed E-state index contributed by atoms with van der Waals surface area (Å²) in [4.78, 5) is 4.18. The van der Waals surface area contributed by atoms with E-state index in [1.165, 1.54) is 11.3 Å². The molecule has 0 spiro atoms. The number of benzene rings is 1. The first-order chi connectivity index (χ1) is 6.24. The molecule has 13 heavy (non-hydrogen) atoms. The fourth-order valence-electron chi connectivity index (χ4n) is 1.25. The highest BCUT2D eigenvalue weighted by Crippen LogP contribution is 2.28. The second-order valence-electron chi connectivity index (χ2n) is 2.78. The third-order valence-electron chi connectivity index (χ3n) is 2.02. The van der Waals surface area contributed by atoms with Gasteiger partial charge >= 0.3 is 0 Å². The second-order valence-corrected chi connectivity index (χ2v) is 3.64. The van der Waals surface area contributed by atoms with E-state index in [0.717, 1.165) is 15.8 Å². The largest absolute Gasteiger partial charge is 0.398 e. The summed E-state index contributed by atoms with van der Waals surface area (Å²) >= 11 is 1.47. The third kappa shape index (κ3) is 1.05. The number of fused-ring (bicyclic) bond motifs is 1. The maximum Gasteiger partial charge on any atom is 0.101 e. The SMILES string of the molecule is Cc1c(N)cc(C#N)c2scnc12. The minimum absolute atomic E-state index is 0.612. The maximum absolute atomic E-state index is 8.84. The van der Waals surface area contributed by atoms with E-state index in [1.807, 2.05) is 6.92 Å². The van der Waals surface area contributed by atoms with E-state index in [-0.39, 0.29) is 0 Å². The molecule has 0 aliphatic carbocycles. The van der Waals surface area contributed by atoms with Gasteiger partial charge in [-0.3, -0.25) is 0 Å². The van der Waals surface area contributed by atoms with E-state index < -0.39 is 0 Å². The Labute approximate surface area is 79.4 Å². The van der Waals surface area contributed by atoms with Crippen LogP contribution >= 0.6 is 11.3 Å². The average Bonchev–Trinajstić information content (AvgIpc) is 2.60. The molecule has 1 aromatic heterocycles. The van der Waals surface area contributed by atoms with E-state index >= 15 is 0 Å². The smallest absolute Gasteiger partial charge is 0.101 e. The fraction of sp³-hybridized carbons (Fsp3) is 0.111. The van der Waals surface area contributed by atoms with Crippen LogP contribution in [0.25, 0.3) is 10.2 Å². The molecule has 0 amide bonds. The van der Waals surface area contributed by atoms with Crippen molar-refractivity contribution in [1.29, 1.82) is 5.26 Å². The van der Waals surface area contributed by atoms with Crippen LogP contribution in [0.2, 0.25) is 0 Å². The Morgan fingerprint density at radius 2 is 2.38 bits per heavy atom. The average molecular weight is 189 g/mol. The van der Waals surface area contributed by atoms with Crippen molar-refractivity contribution in [3.8, 4) is 6.07 Å². The van der Waals surface area contributed by atoms with Gasteiger partial charge in [0.2, 0.25) is 0 Å². The third-order valence-corrected chi connectivity index (χ3v) is 2.88. The molecule has 2 aromatic rings. The first-order valence-electron chi connectivity index (χ1n) is 3.76. The van der Waals surface area contributed by atoms with Crippen LogP contribution in [0.1, 0.15) is 11.1 Å². The van der Waals surface area contributed by atoms with Gasteiger partial charge in [-0.15, -0.1) is 11.3 Å². The lowest BCUT2D eigenvalue weighted by molar-refractivity contribution is 1.42. The number of anilines is 1. The second kappa shape index (κ2) is 2.71. The van der Waals surface area contributed by atoms with Crippen molar-refractivity contribution >= 4 is 27.2 Å². The number of hydrogen-bond donors (Lipinski definition) is 1. The Morgan fingerprint density at radius 1 is 1.62 bits per heavy atom. The summed E-state index contributed by atoms with van der Waals surface area (Å²) in [6, 6.07) is 3.82. The number of nitriles is 1. The van der Waals surface area contributed by atoms with Crippen molar-refractivity contribution < 1.29 is 0 Å². The molecular weight excluding hydrogens is 182 g/mol. The van der Waals surface area contributed by atoms with Crippen molar-refractivity contribution in [1.82, 2.24) is 4.98 Å². The molecule has 0 unspecified atom stereocenters. The molecule has 0 saturated carbocycles. The van der Waals surface area contributed by atoms with Gasteiger partial charge < -0.3 is 5.73 Å². The first-order valence-corrected chi connectivity index (χ1v) is 4.64. The minimum atomic E-state index is 0.612. The quantitative estimate of drug-likeness (QED) is 0.645. The van der Waals surface area contributed by atoms with Crippen molar-refractivity contribution in [2.45, 2.75) is 6.92 Å². The van der Waals surface area contributed by atoms with Crippen LogP contribution in [-0.2, 0) is 0 Å². The molecular formula is C9H7N3S. The predicted octanol–water partition coefficient (Wildman–Crippen LogP) is 2.06. The number of thiazole rings is 1. The molecule has 0 radical (unpaired) electrons. The molecule has 2 N–H and O–H groups in total. The molecule has 0 bridgehead atoms. The van der Waals surface area contributed by atoms with Crippen molar-refractivity contribution in [3.63, 3.8) is 0 Å². The number of hydrogen-bond acceptors (Lipinski definition) is 4. The van der Waals surface area contributed by atoms with Crippen LogP contribution < -0.4 is 5.73 Å². The number of nitrogen functional groups attached to an aromatic ring is 1. The summed E-state index contributed by atoms with van der Waals surface area (Å²) in [6.07, 6.45) is 0. The molecule has 0 aliphatic rings. The summed E-state index contributed by atoms with van der Waals surface area (Å²) in [7, 11) is 0. The van der Waals surface area contributed by atoms with Crippen molar-refractivity contribution in [3.05, 3.63) is 22.7 Å². The summed E-state index contributed by atoms with van der Waals surface area (Å²) < 4.78 is 0.925. The van der Waals surface area contributed by atoms with E-state index in [4.69, 9.17) is 11.0 Å². The van der Waals surface area contributed by atoms with Crippen LogP contribution in [0.3, 0.4) is 0 Å². The van der Waals surface area contributed by atoms with Gasteiger partial charge in [0, 0.05) is 5.69 Å². The first kappa shape index (κ1) is 8.02. The lowest BCUT2D eigenvalue weighted by atomic mass is 10.1. The highest BCUT2D eigenvalue weighted by Gasteiger charge is 2.08. The highest BCUT2D eigenvalue weighted by atomic mass is 32.1. The molecule has 0 aliphatic heterocycles. The Balaban J connectivity index is 2.97. The van der Waals surface area contributed by atoms with E-state index in [2.05, 4.69) is 11.1 Å². The van der Waals surface area contributed by atoms with E-state index in [1.54, 1.807) is 11.6 Å². The molecule has 1 aromatic carbocycles. The summed E-state index contributed by atoms with van der Waals surface area (Å²) in [5.41, 5.74) is 10.5. The minimum Gasteiger partial charge on any atom is -0.398 e. The van der Waals surface area contributed by atoms with E-state index in [0.29, 0.717) is 11.3 Å². The summed E-state index contributed by atoms with van der Waals surface area (Å²) in [5.74, 6) is 0. The number of aromatic nitrogens is 1. The molecule has 2 rings (SSSR count). The standard InChI is InChI=1S/C9H7N3S/c1-5-7(11)2-6(3-10)9-8(5)12-4-13-9/h2,4H,11H2,1H3. The number of nitrogens with zero attached hydrogens (tertiary/aromatic N) is 2. The van der Waals surface area contributed by atoms with Gasteiger partial charge in [0.25, 0.3) is 0 Å². The topological polar surface area (TPSA) is 62.7 Å². The Morgan fingerprint density at radius 3 is 3.08 bits per heavy atom. The predicted molar refractivity (Wildman–Crippen MR) is 53.5 cm³/mol. The van der Waals surface area contributed by atoms with Gasteiger partial charge in [-0.25, -0.2) is 4.98 Å². The molecule has 0 fully saturated rings. The maximum atomic E-state index is 8.84. The number of aryl methyl sites for hydroxylation is 1.